The molecule has 0 amide bonds. The molecular weight excluding hydrogens is 323 g/mol. The molecule has 1 aromatic carbocycles. The summed E-state index contributed by atoms with van der Waals surface area (Å²) in [7, 11) is 0. The largest absolute Gasteiger partial charge is 0.396 e. The van der Waals surface area contributed by atoms with Crippen LogP contribution in [-0.2, 0) is 21.4 Å². The van der Waals surface area contributed by atoms with Gasteiger partial charge in [0.25, 0.3) is 0 Å². The lowest BCUT2D eigenvalue weighted by Crippen LogP contribution is -2.42. The molecule has 138 valence electrons. The highest BCUT2D eigenvalue weighted by molar-refractivity contribution is 5.85. The van der Waals surface area contributed by atoms with Crippen molar-refractivity contribution < 1.29 is 19.0 Å². The van der Waals surface area contributed by atoms with Crippen LogP contribution in [0.5, 0.6) is 0 Å². The number of anilines is 1. The first kappa shape index (κ1) is 18.2. The van der Waals surface area contributed by atoms with Crippen LogP contribution in [-0.4, -0.2) is 34.8 Å². The van der Waals surface area contributed by atoms with E-state index in [0.717, 1.165) is 23.0 Å². The number of aliphatic hydroxyl groups excluding tert-OH is 1. The monoisotopic (exact) mass is 350 g/mol. The lowest BCUT2D eigenvalue weighted by atomic mass is 9.90. The number of nitrogens with zero attached hydrogens (tertiary/aromatic N) is 1. The molecule has 0 saturated carbocycles. The van der Waals surface area contributed by atoms with E-state index in [1.807, 2.05) is 38.3 Å². The average Bonchev–Trinajstić information content (AvgIpc) is 2.85. The molecule has 3 N–H and O–H groups in total. The van der Waals surface area contributed by atoms with Crippen LogP contribution in [0.4, 0.5) is 10.1 Å². The van der Waals surface area contributed by atoms with Crippen molar-refractivity contribution in [2.45, 2.75) is 58.0 Å². The molecule has 1 aromatic heterocycles. The zero-order chi connectivity index (χ0) is 18.4. The first-order valence-electron chi connectivity index (χ1n) is 8.64. The van der Waals surface area contributed by atoms with Crippen LogP contribution in [0.1, 0.15) is 39.8 Å². The Morgan fingerprint density at radius 2 is 2.08 bits per heavy atom. The molecule has 25 heavy (non-hydrogen) atoms. The van der Waals surface area contributed by atoms with E-state index in [9.17, 15) is 9.50 Å². The van der Waals surface area contributed by atoms with Crippen molar-refractivity contribution in [2.75, 3.05) is 18.9 Å². The van der Waals surface area contributed by atoms with E-state index in [1.165, 1.54) is 6.07 Å². The third-order valence-corrected chi connectivity index (χ3v) is 4.83. The zero-order valence-electron chi connectivity index (χ0n) is 15.3. The molecule has 1 aliphatic rings. The van der Waals surface area contributed by atoms with E-state index in [0.29, 0.717) is 13.2 Å². The van der Waals surface area contributed by atoms with Crippen LogP contribution in [0.25, 0.3) is 10.9 Å². The van der Waals surface area contributed by atoms with E-state index >= 15 is 0 Å². The summed E-state index contributed by atoms with van der Waals surface area (Å²) in [5, 5.41) is 10.7. The van der Waals surface area contributed by atoms with Gasteiger partial charge in [-0.05, 0) is 32.4 Å². The van der Waals surface area contributed by atoms with Crippen LogP contribution in [0.3, 0.4) is 0 Å². The Hall–Kier alpha value is -1.63. The predicted molar refractivity (Wildman–Crippen MR) is 95.9 cm³/mol. The van der Waals surface area contributed by atoms with Gasteiger partial charge in [-0.15, -0.1) is 0 Å². The predicted octanol–water partition coefficient (Wildman–Crippen LogP) is 3.17. The molecule has 0 aliphatic carbocycles. The van der Waals surface area contributed by atoms with Gasteiger partial charge in [0.15, 0.2) is 5.79 Å². The number of hydrogen-bond acceptors (Lipinski definition) is 4. The molecule has 2 heterocycles. The van der Waals surface area contributed by atoms with Gasteiger partial charge in [0.2, 0.25) is 0 Å². The van der Waals surface area contributed by atoms with E-state index in [-0.39, 0.29) is 18.4 Å². The lowest BCUT2D eigenvalue weighted by Gasteiger charge is -2.37. The maximum absolute atomic E-state index is 14.1. The molecule has 1 fully saturated rings. The molecule has 1 saturated heterocycles. The van der Waals surface area contributed by atoms with E-state index in [4.69, 9.17) is 15.2 Å². The third-order valence-electron chi connectivity index (χ3n) is 4.83. The highest BCUT2D eigenvalue weighted by Gasteiger charge is 2.32. The van der Waals surface area contributed by atoms with Crippen molar-refractivity contribution in [3.05, 3.63) is 29.7 Å². The first-order chi connectivity index (χ1) is 11.6. The number of rotatable bonds is 4. The van der Waals surface area contributed by atoms with Gasteiger partial charge in [-0.1, -0.05) is 13.8 Å². The quantitative estimate of drug-likeness (QED) is 0.831. The Morgan fingerprint density at radius 3 is 2.72 bits per heavy atom. The summed E-state index contributed by atoms with van der Waals surface area (Å²) in [6.45, 7) is 8.90. The summed E-state index contributed by atoms with van der Waals surface area (Å²) in [5.74, 6) is -1.07. The van der Waals surface area contributed by atoms with Crippen LogP contribution >= 0.6 is 0 Å². The summed E-state index contributed by atoms with van der Waals surface area (Å²) in [4.78, 5) is 0. The fraction of sp³-hybridized carbons (Fsp3) is 0.579. The average molecular weight is 350 g/mol. The highest BCUT2D eigenvalue weighted by Crippen LogP contribution is 2.33. The maximum Gasteiger partial charge on any atom is 0.163 e. The topological polar surface area (TPSA) is 69.6 Å². The number of fused-ring (bicyclic) bond motifs is 1. The van der Waals surface area contributed by atoms with Crippen LogP contribution in [0, 0.1) is 5.82 Å². The number of halogens is 1. The Labute approximate surface area is 147 Å². The van der Waals surface area contributed by atoms with E-state index in [1.54, 1.807) is 6.07 Å². The second-order valence-corrected chi connectivity index (χ2v) is 7.89. The number of hydrogen-bond donors (Lipinski definition) is 2. The van der Waals surface area contributed by atoms with Crippen molar-refractivity contribution in [1.29, 1.82) is 0 Å². The van der Waals surface area contributed by atoms with Crippen molar-refractivity contribution in [3.8, 4) is 0 Å². The number of aromatic nitrogens is 1. The van der Waals surface area contributed by atoms with Gasteiger partial charge in [-0.3, -0.25) is 0 Å². The SMILES string of the molecule is CC1(C)OCC[C@H](Cn2c(C(C)(C)CO)cc3cc(N)c(F)cc32)O1. The summed E-state index contributed by atoms with van der Waals surface area (Å²) in [6, 6.07) is 5.09. The normalized spacial score (nSPS) is 21.0. The zero-order valence-corrected chi connectivity index (χ0v) is 15.3. The summed E-state index contributed by atoms with van der Waals surface area (Å²) in [5.41, 5.74) is 7.08. The second-order valence-electron chi connectivity index (χ2n) is 7.89. The summed E-state index contributed by atoms with van der Waals surface area (Å²) < 4.78 is 27.8. The smallest absolute Gasteiger partial charge is 0.163 e. The van der Waals surface area contributed by atoms with Crippen molar-refractivity contribution >= 4 is 16.6 Å². The standard InChI is InChI=1S/C19H27FN2O3/c1-18(2,11-23)17-8-12-7-15(21)14(20)9-16(12)22(17)10-13-5-6-24-19(3,4)25-13/h7-9,13,23H,5-6,10-11,21H2,1-4H3/t13-/m1/s1. The number of aliphatic hydroxyl groups is 1. The van der Waals surface area contributed by atoms with Crippen molar-refractivity contribution in [1.82, 2.24) is 4.57 Å². The minimum Gasteiger partial charge on any atom is -0.396 e. The van der Waals surface area contributed by atoms with Gasteiger partial charge in [0.1, 0.15) is 5.82 Å². The van der Waals surface area contributed by atoms with Gasteiger partial charge < -0.3 is 24.9 Å². The molecule has 0 radical (unpaired) electrons. The van der Waals surface area contributed by atoms with Crippen LogP contribution in [0.15, 0.2) is 18.2 Å². The minimum absolute atomic E-state index is 0.0125. The molecule has 2 aromatic rings. The number of nitrogens with two attached hydrogens (primary N) is 1. The molecule has 1 aliphatic heterocycles. The van der Waals surface area contributed by atoms with Crippen LogP contribution in [0.2, 0.25) is 0 Å². The third kappa shape index (κ3) is 3.52. The Balaban J connectivity index is 2.07. The molecule has 3 rings (SSSR count). The number of nitrogen functional groups attached to an aromatic ring is 1. The Morgan fingerprint density at radius 1 is 1.36 bits per heavy atom. The summed E-state index contributed by atoms with van der Waals surface area (Å²) in [6.07, 6.45) is 0.715. The van der Waals surface area contributed by atoms with Gasteiger partial charge in [-0.25, -0.2) is 4.39 Å². The van der Waals surface area contributed by atoms with Crippen molar-refractivity contribution in [3.63, 3.8) is 0 Å². The van der Waals surface area contributed by atoms with Gasteiger partial charge in [-0.2, -0.15) is 0 Å². The van der Waals surface area contributed by atoms with Gasteiger partial charge in [0.05, 0.1) is 30.5 Å². The molecule has 5 nitrogen and oxygen atoms in total. The summed E-state index contributed by atoms with van der Waals surface area (Å²) >= 11 is 0. The maximum atomic E-state index is 14.1. The van der Waals surface area contributed by atoms with Crippen LogP contribution < -0.4 is 5.73 Å². The first-order valence-corrected chi connectivity index (χ1v) is 8.64. The molecule has 6 heteroatoms. The highest BCUT2D eigenvalue weighted by atomic mass is 19.1. The number of ether oxygens (including phenoxy) is 2. The fourth-order valence-corrected chi connectivity index (χ4v) is 3.40. The molecule has 0 bridgehead atoms. The molecular formula is C19H27FN2O3. The Bertz CT molecular complexity index is 783. The minimum atomic E-state index is -0.631. The second kappa shape index (κ2) is 6.27. The van der Waals surface area contributed by atoms with Crippen molar-refractivity contribution in [2.24, 2.45) is 0 Å². The molecule has 1 atom stereocenters. The fourth-order valence-electron chi connectivity index (χ4n) is 3.40. The van der Waals surface area contributed by atoms with Gasteiger partial charge >= 0.3 is 0 Å². The number of benzene rings is 1. The Kier molecular flexibility index (Phi) is 4.56. The van der Waals surface area contributed by atoms with E-state index in [2.05, 4.69) is 0 Å². The molecule has 0 unspecified atom stereocenters. The molecule has 0 spiro atoms. The van der Waals surface area contributed by atoms with E-state index < -0.39 is 17.0 Å². The lowest BCUT2D eigenvalue weighted by molar-refractivity contribution is -0.275. The van der Waals surface area contributed by atoms with Gasteiger partial charge in [0, 0.05) is 29.1 Å².